The molecule has 20 heavy (non-hydrogen) atoms. The van der Waals surface area contributed by atoms with E-state index in [0.717, 1.165) is 15.9 Å². The third-order valence-corrected chi connectivity index (χ3v) is 3.98. The van der Waals surface area contributed by atoms with E-state index in [1.165, 1.54) is 23.5 Å². The molecule has 0 fully saturated rings. The Labute approximate surface area is 124 Å². The van der Waals surface area contributed by atoms with Crippen LogP contribution < -0.4 is 10.1 Å². The summed E-state index contributed by atoms with van der Waals surface area (Å²) >= 11 is 7.45. The van der Waals surface area contributed by atoms with Crippen molar-refractivity contribution in [3.63, 3.8) is 0 Å². The highest BCUT2D eigenvalue weighted by atomic mass is 35.5. The maximum Gasteiger partial charge on any atom is 0.188 e. The first kappa shape index (κ1) is 13.1. The average molecular weight is 309 g/mol. The summed E-state index contributed by atoms with van der Waals surface area (Å²) in [5, 5.41) is 4.35. The van der Waals surface area contributed by atoms with E-state index >= 15 is 0 Å². The first-order chi connectivity index (χ1) is 9.65. The number of fused-ring (bicyclic) bond motifs is 1. The van der Waals surface area contributed by atoms with Gasteiger partial charge < -0.3 is 10.1 Å². The van der Waals surface area contributed by atoms with Crippen LogP contribution in [0.3, 0.4) is 0 Å². The summed E-state index contributed by atoms with van der Waals surface area (Å²) in [6.07, 6.45) is 0. The van der Waals surface area contributed by atoms with Gasteiger partial charge in [0.1, 0.15) is 11.6 Å². The van der Waals surface area contributed by atoms with Crippen LogP contribution >= 0.6 is 22.9 Å². The number of benzene rings is 2. The maximum absolute atomic E-state index is 13.1. The molecule has 1 aromatic heterocycles. The minimum atomic E-state index is -0.264. The van der Waals surface area contributed by atoms with Crippen LogP contribution in [0.25, 0.3) is 10.2 Å². The molecule has 0 aliphatic heterocycles. The SMILES string of the molecule is COc1ccc(Nc2nc3ccc(F)cc3s2)cc1Cl. The highest BCUT2D eigenvalue weighted by Gasteiger charge is 2.07. The van der Waals surface area contributed by atoms with Gasteiger partial charge in [-0.25, -0.2) is 9.37 Å². The number of rotatable bonds is 3. The van der Waals surface area contributed by atoms with Crippen molar-refractivity contribution in [2.24, 2.45) is 0 Å². The number of thiazole rings is 1. The highest BCUT2D eigenvalue weighted by Crippen LogP contribution is 2.32. The van der Waals surface area contributed by atoms with Crippen molar-refractivity contribution in [3.8, 4) is 5.75 Å². The third-order valence-electron chi connectivity index (χ3n) is 2.75. The summed E-state index contributed by atoms with van der Waals surface area (Å²) in [6.45, 7) is 0. The van der Waals surface area contributed by atoms with Crippen molar-refractivity contribution in [2.45, 2.75) is 0 Å². The molecule has 3 aromatic rings. The molecule has 2 aromatic carbocycles. The van der Waals surface area contributed by atoms with Gasteiger partial charge in [-0.2, -0.15) is 0 Å². The molecule has 0 saturated carbocycles. The number of ether oxygens (including phenoxy) is 1. The minimum Gasteiger partial charge on any atom is -0.495 e. The first-order valence-corrected chi connectivity index (χ1v) is 7.02. The second-order valence-electron chi connectivity index (χ2n) is 4.11. The molecule has 0 atom stereocenters. The van der Waals surface area contributed by atoms with Crippen molar-refractivity contribution < 1.29 is 9.13 Å². The second kappa shape index (κ2) is 5.26. The summed E-state index contributed by atoms with van der Waals surface area (Å²) in [5.41, 5.74) is 1.56. The number of anilines is 2. The fourth-order valence-corrected chi connectivity index (χ4v) is 2.99. The Bertz CT molecular complexity index is 775. The Morgan fingerprint density at radius 1 is 1.25 bits per heavy atom. The number of hydrogen-bond acceptors (Lipinski definition) is 4. The van der Waals surface area contributed by atoms with Gasteiger partial charge in [-0.3, -0.25) is 0 Å². The maximum atomic E-state index is 13.1. The zero-order valence-electron chi connectivity index (χ0n) is 10.5. The molecule has 1 heterocycles. The van der Waals surface area contributed by atoms with Crippen LogP contribution in [0.4, 0.5) is 15.2 Å². The summed E-state index contributed by atoms with van der Waals surface area (Å²) in [5.74, 6) is 0.351. The van der Waals surface area contributed by atoms with Gasteiger partial charge in [0.25, 0.3) is 0 Å². The van der Waals surface area contributed by atoms with Gasteiger partial charge in [-0.05, 0) is 36.4 Å². The fraction of sp³-hybridized carbons (Fsp3) is 0.0714. The number of methoxy groups -OCH3 is 1. The smallest absolute Gasteiger partial charge is 0.188 e. The van der Waals surface area contributed by atoms with E-state index in [-0.39, 0.29) is 5.82 Å². The van der Waals surface area contributed by atoms with Crippen LogP contribution in [0.2, 0.25) is 5.02 Å². The number of hydrogen-bond donors (Lipinski definition) is 1. The Balaban J connectivity index is 1.90. The normalized spacial score (nSPS) is 10.8. The Morgan fingerprint density at radius 2 is 2.10 bits per heavy atom. The summed E-state index contributed by atoms with van der Waals surface area (Å²) < 4.78 is 19.0. The van der Waals surface area contributed by atoms with Crippen molar-refractivity contribution in [2.75, 3.05) is 12.4 Å². The highest BCUT2D eigenvalue weighted by molar-refractivity contribution is 7.22. The number of nitrogens with one attached hydrogen (secondary N) is 1. The third kappa shape index (κ3) is 2.55. The lowest BCUT2D eigenvalue weighted by Gasteiger charge is -2.06. The molecule has 6 heteroatoms. The van der Waals surface area contributed by atoms with Crippen molar-refractivity contribution in [1.29, 1.82) is 0 Å². The van der Waals surface area contributed by atoms with Crippen LogP contribution in [-0.4, -0.2) is 12.1 Å². The van der Waals surface area contributed by atoms with Crippen molar-refractivity contribution in [3.05, 3.63) is 47.2 Å². The predicted molar refractivity (Wildman–Crippen MR) is 80.9 cm³/mol. The Hall–Kier alpha value is -1.85. The lowest BCUT2D eigenvalue weighted by Crippen LogP contribution is -1.90. The van der Waals surface area contributed by atoms with E-state index in [9.17, 15) is 4.39 Å². The number of halogens is 2. The number of aromatic nitrogens is 1. The van der Waals surface area contributed by atoms with Crippen molar-refractivity contribution >= 4 is 44.0 Å². The molecule has 102 valence electrons. The standard InChI is InChI=1S/C14H10ClFN2OS/c1-19-12-5-3-9(7-10(12)15)17-14-18-11-4-2-8(16)6-13(11)20-14/h2-7H,1H3,(H,17,18). The molecule has 0 unspecified atom stereocenters. The molecule has 0 saturated heterocycles. The Kier molecular flexibility index (Phi) is 3.46. The lowest BCUT2D eigenvalue weighted by atomic mass is 10.3. The van der Waals surface area contributed by atoms with Crippen LogP contribution in [0.15, 0.2) is 36.4 Å². The van der Waals surface area contributed by atoms with Gasteiger partial charge in [-0.15, -0.1) is 0 Å². The van der Waals surface area contributed by atoms with Gasteiger partial charge in [0.05, 0.1) is 22.3 Å². The molecule has 0 amide bonds. The van der Waals surface area contributed by atoms with Gasteiger partial charge in [0.2, 0.25) is 0 Å². The molecule has 3 rings (SSSR count). The molecule has 0 spiro atoms. The summed E-state index contributed by atoms with van der Waals surface area (Å²) in [4.78, 5) is 4.39. The zero-order valence-corrected chi connectivity index (χ0v) is 12.1. The van der Waals surface area contributed by atoms with E-state index in [2.05, 4.69) is 10.3 Å². The molecule has 1 N–H and O–H groups in total. The summed E-state index contributed by atoms with van der Waals surface area (Å²) in [7, 11) is 1.57. The van der Waals surface area contributed by atoms with E-state index in [1.807, 2.05) is 6.07 Å². The molecular weight excluding hydrogens is 299 g/mol. The molecule has 0 radical (unpaired) electrons. The second-order valence-corrected chi connectivity index (χ2v) is 5.54. The van der Waals surface area contributed by atoms with Crippen LogP contribution in [0, 0.1) is 5.82 Å². The topological polar surface area (TPSA) is 34.1 Å². The molecular formula is C14H10ClFN2OS. The quantitative estimate of drug-likeness (QED) is 0.751. The molecule has 0 aliphatic rings. The van der Waals surface area contributed by atoms with E-state index in [0.29, 0.717) is 15.9 Å². The monoisotopic (exact) mass is 308 g/mol. The molecule has 0 bridgehead atoms. The largest absolute Gasteiger partial charge is 0.495 e. The predicted octanol–water partition coefficient (Wildman–Crippen LogP) is 4.84. The van der Waals surface area contributed by atoms with Crippen LogP contribution in [0.1, 0.15) is 0 Å². The first-order valence-electron chi connectivity index (χ1n) is 5.82. The van der Waals surface area contributed by atoms with Gasteiger partial charge in [0.15, 0.2) is 5.13 Å². The average Bonchev–Trinajstić information content (AvgIpc) is 2.80. The summed E-state index contributed by atoms with van der Waals surface area (Å²) in [6, 6.07) is 9.91. The van der Waals surface area contributed by atoms with E-state index < -0.39 is 0 Å². The van der Waals surface area contributed by atoms with Crippen LogP contribution in [0.5, 0.6) is 5.75 Å². The van der Waals surface area contributed by atoms with Crippen molar-refractivity contribution in [1.82, 2.24) is 4.98 Å². The molecule has 0 aliphatic carbocycles. The number of nitrogens with zero attached hydrogens (tertiary/aromatic N) is 1. The zero-order chi connectivity index (χ0) is 14.1. The van der Waals surface area contributed by atoms with E-state index in [4.69, 9.17) is 16.3 Å². The Morgan fingerprint density at radius 3 is 2.85 bits per heavy atom. The van der Waals surface area contributed by atoms with Gasteiger partial charge in [0, 0.05) is 5.69 Å². The van der Waals surface area contributed by atoms with Crippen LogP contribution in [-0.2, 0) is 0 Å². The lowest BCUT2D eigenvalue weighted by molar-refractivity contribution is 0.415. The van der Waals surface area contributed by atoms with Gasteiger partial charge in [-0.1, -0.05) is 22.9 Å². The minimum absolute atomic E-state index is 0.264. The van der Waals surface area contributed by atoms with Gasteiger partial charge >= 0.3 is 0 Å². The molecule has 3 nitrogen and oxygen atoms in total. The van der Waals surface area contributed by atoms with E-state index in [1.54, 1.807) is 25.3 Å². The fourth-order valence-electron chi connectivity index (χ4n) is 1.82.